The number of nitrogens with zero attached hydrogens (tertiary/aromatic N) is 3. The zero-order chi connectivity index (χ0) is 23.4. The number of sulfonamides is 1. The first-order chi connectivity index (χ1) is 15.9. The van der Waals surface area contributed by atoms with Crippen molar-refractivity contribution in [3.63, 3.8) is 0 Å². The molecule has 1 aliphatic heterocycles. The molecule has 0 aliphatic carbocycles. The minimum Gasteiger partial charge on any atom is -0.394 e. The van der Waals surface area contributed by atoms with E-state index in [-0.39, 0.29) is 23.4 Å². The van der Waals surface area contributed by atoms with E-state index in [1.165, 1.54) is 30.3 Å². The Morgan fingerprint density at radius 2 is 1.94 bits per heavy atom. The number of benzene rings is 2. The Morgan fingerprint density at radius 1 is 1.18 bits per heavy atom. The molecule has 1 aromatic heterocycles. The Labute approximate surface area is 196 Å². The predicted molar refractivity (Wildman–Crippen MR) is 121 cm³/mol. The largest absolute Gasteiger partial charge is 0.394 e. The van der Waals surface area contributed by atoms with E-state index in [1.807, 2.05) is 0 Å². The molecule has 176 valence electrons. The molecule has 3 aromatic rings. The Morgan fingerprint density at radius 3 is 2.67 bits per heavy atom. The van der Waals surface area contributed by atoms with Crippen LogP contribution < -0.4 is 4.72 Å². The van der Waals surface area contributed by atoms with Crippen LogP contribution in [0.1, 0.15) is 19.3 Å². The maximum absolute atomic E-state index is 13.9. The highest BCUT2D eigenvalue weighted by molar-refractivity contribution is 7.89. The van der Waals surface area contributed by atoms with Crippen LogP contribution in [-0.2, 0) is 21.3 Å². The molecule has 1 fully saturated rings. The van der Waals surface area contributed by atoms with Gasteiger partial charge in [0.15, 0.2) is 0 Å². The molecule has 0 spiro atoms. The smallest absolute Gasteiger partial charge is 0.240 e. The lowest BCUT2D eigenvalue weighted by molar-refractivity contribution is -0.0891. The number of hydrogen-bond acceptors (Lipinski definition) is 6. The first kappa shape index (κ1) is 23.8. The molecule has 1 aliphatic rings. The summed E-state index contributed by atoms with van der Waals surface area (Å²) in [4.78, 5) is 0.0996. The molecular formula is C22H24ClFN4O4S. The average Bonchev–Trinajstić information content (AvgIpc) is 3.27. The van der Waals surface area contributed by atoms with Gasteiger partial charge in [-0.05, 0) is 55.7 Å². The molecule has 33 heavy (non-hydrogen) atoms. The molecule has 0 bridgehead atoms. The lowest BCUT2D eigenvalue weighted by Gasteiger charge is -2.36. The first-order valence-electron chi connectivity index (χ1n) is 10.5. The van der Waals surface area contributed by atoms with Gasteiger partial charge in [0.1, 0.15) is 11.5 Å². The van der Waals surface area contributed by atoms with Crippen molar-refractivity contribution in [3.05, 3.63) is 65.6 Å². The molecule has 2 aromatic carbocycles. The number of aryl methyl sites for hydroxylation is 1. The maximum Gasteiger partial charge on any atom is 0.240 e. The molecule has 1 saturated heterocycles. The molecule has 8 nitrogen and oxygen atoms in total. The topological polar surface area (TPSA) is 106 Å². The second-order valence-corrected chi connectivity index (χ2v) is 10.0. The van der Waals surface area contributed by atoms with Gasteiger partial charge in [-0.3, -0.25) is 4.68 Å². The molecule has 2 N–H and O–H groups in total. The zero-order valence-electron chi connectivity index (χ0n) is 17.6. The van der Waals surface area contributed by atoms with Gasteiger partial charge in [0.2, 0.25) is 10.0 Å². The second kappa shape index (κ2) is 10.3. The Hall–Kier alpha value is -2.37. The summed E-state index contributed by atoms with van der Waals surface area (Å²) in [5.74, 6) is -0.363. The van der Waals surface area contributed by atoms with Gasteiger partial charge in [0.05, 0.1) is 35.9 Å². The monoisotopic (exact) mass is 494 g/mol. The van der Waals surface area contributed by atoms with Crippen molar-refractivity contribution in [1.82, 2.24) is 19.7 Å². The van der Waals surface area contributed by atoms with Crippen molar-refractivity contribution in [3.8, 4) is 11.3 Å². The molecule has 11 heteroatoms. The van der Waals surface area contributed by atoms with Crippen molar-refractivity contribution in [2.45, 2.75) is 49.0 Å². The van der Waals surface area contributed by atoms with E-state index in [9.17, 15) is 17.9 Å². The van der Waals surface area contributed by atoms with Crippen LogP contribution in [0.2, 0.25) is 5.02 Å². The third-order valence-corrected chi connectivity index (χ3v) is 7.35. The van der Waals surface area contributed by atoms with Crippen LogP contribution in [0.5, 0.6) is 0 Å². The summed E-state index contributed by atoms with van der Waals surface area (Å²) in [6.07, 6.45) is 2.54. The van der Waals surface area contributed by atoms with Gasteiger partial charge in [-0.2, -0.15) is 0 Å². The van der Waals surface area contributed by atoms with E-state index in [1.54, 1.807) is 29.1 Å². The quantitative estimate of drug-likeness (QED) is 0.498. The number of aliphatic hydroxyl groups is 1. The van der Waals surface area contributed by atoms with Crippen molar-refractivity contribution < 1.29 is 22.7 Å². The molecule has 3 atom stereocenters. The fraction of sp³-hybridized carbons (Fsp3) is 0.364. The third-order valence-electron chi connectivity index (χ3n) is 5.59. The highest BCUT2D eigenvalue weighted by atomic mass is 35.5. The van der Waals surface area contributed by atoms with E-state index in [4.69, 9.17) is 16.3 Å². The van der Waals surface area contributed by atoms with Crippen LogP contribution in [0.4, 0.5) is 4.39 Å². The summed E-state index contributed by atoms with van der Waals surface area (Å²) < 4.78 is 49.5. The van der Waals surface area contributed by atoms with E-state index in [0.29, 0.717) is 42.1 Å². The van der Waals surface area contributed by atoms with Crippen molar-refractivity contribution in [2.24, 2.45) is 0 Å². The number of aliphatic hydroxyl groups excluding tert-OH is 1. The molecule has 0 radical (unpaired) electrons. The van der Waals surface area contributed by atoms with Crippen molar-refractivity contribution in [1.29, 1.82) is 0 Å². The van der Waals surface area contributed by atoms with Gasteiger partial charge in [-0.1, -0.05) is 28.9 Å². The first-order valence-corrected chi connectivity index (χ1v) is 12.4. The fourth-order valence-corrected chi connectivity index (χ4v) is 5.26. The summed E-state index contributed by atoms with van der Waals surface area (Å²) in [6, 6.07) is 11.7. The van der Waals surface area contributed by atoms with Crippen LogP contribution in [0, 0.1) is 5.82 Å². The normalized spacial score (nSPS) is 21.2. The van der Waals surface area contributed by atoms with E-state index < -0.39 is 22.2 Å². The lowest BCUT2D eigenvalue weighted by atomic mass is 9.98. The standard InChI is InChI=1S/C22H24ClFN4O4S/c23-15-5-8-17(9-6-15)33(30,31)26-20-10-7-16(32-22(20)14-29)11-12-28-13-21(25-27-28)18-3-1-2-4-19(18)24/h1-6,8-9,13,16,20,22,26,29H,7,10-12,14H2/t16-,20+,22-/m0/s1. The number of nitrogens with one attached hydrogen (secondary N) is 1. The number of ether oxygens (including phenoxy) is 1. The molecule has 2 heterocycles. The second-order valence-electron chi connectivity index (χ2n) is 7.87. The summed E-state index contributed by atoms with van der Waals surface area (Å²) in [7, 11) is -3.77. The minimum absolute atomic E-state index is 0.0996. The SMILES string of the molecule is O=S(=O)(N[C@@H]1CC[C@@H](CCn2cc(-c3ccccc3F)nn2)O[C@H]1CO)c1ccc(Cl)cc1. The minimum atomic E-state index is -3.77. The number of rotatable bonds is 8. The van der Waals surface area contributed by atoms with E-state index in [2.05, 4.69) is 15.0 Å². The van der Waals surface area contributed by atoms with Crippen LogP contribution in [0.25, 0.3) is 11.3 Å². The van der Waals surface area contributed by atoms with Gasteiger partial charge >= 0.3 is 0 Å². The van der Waals surface area contributed by atoms with Gasteiger partial charge in [0, 0.05) is 17.1 Å². The Kier molecular flexibility index (Phi) is 7.40. The lowest BCUT2D eigenvalue weighted by Crippen LogP contribution is -2.50. The van der Waals surface area contributed by atoms with Crippen LogP contribution in [-0.4, -0.2) is 53.4 Å². The van der Waals surface area contributed by atoms with Gasteiger partial charge in [-0.15, -0.1) is 5.10 Å². The number of aromatic nitrogens is 3. The number of hydrogen-bond donors (Lipinski definition) is 2. The van der Waals surface area contributed by atoms with Crippen molar-refractivity contribution in [2.75, 3.05) is 6.61 Å². The summed E-state index contributed by atoms with van der Waals surface area (Å²) >= 11 is 5.83. The Bertz CT molecular complexity index is 1190. The van der Waals surface area contributed by atoms with Gasteiger partial charge < -0.3 is 9.84 Å². The number of halogens is 2. The third kappa shape index (κ3) is 5.77. The summed E-state index contributed by atoms with van der Waals surface area (Å²) in [5.41, 5.74) is 0.830. The zero-order valence-corrected chi connectivity index (χ0v) is 19.2. The van der Waals surface area contributed by atoms with Crippen LogP contribution in [0.15, 0.2) is 59.6 Å². The predicted octanol–water partition coefficient (Wildman–Crippen LogP) is 3.01. The average molecular weight is 495 g/mol. The summed E-state index contributed by atoms with van der Waals surface area (Å²) in [5, 5.41) is 18.3. The Balaban J connectivity index is 1.34. The molecular weight excluding hydrogens is 471 g/mol. The van der Waals surface area contributed by atoms with Crippen LogP contribution in [0.3, 0.4) is 0 Å². The molecule has 4 rings (SSSR count). The highest BCUT2D eigenvalue weighted by Crippen LogP contribution is 2.25. The van der Waals surface area contributed by atoms with E-state index in [0.717, 1.165) is 0 Å². The van der Waals surface area contributed by atoms with Crippen LogP contribution >= 0.6 is 11.6 Å². The highest BCUT2D eigenvalue weighted by Gasteiger charge is 2.34. The van der Waals surface area contributed by atoms with E-state index >= 15 is 0 Å². The molecule has 0 unspecified atom stereocenters. The van der Waals surface area contributed by atoms with Crippen molar-refractivity contribution >= 4 is 21.6 Å². The fourth-order valence-electron chi connectivity index (χ4n) is 3.84. The maximum atomic E-state index is 13.9. The van der Waals surface area contributed by atoms with Gasteiger partial charge in [0.25, 0.3) is 0 Å². The van der Waals surface area contributed by atoms with Gasteiger partial charge in [-0.25, -0.2) is 17.5 Å². The molecule has 0 saturated carbocycles. The molecule has 0 amide bonds. The summed E-state index contributed by atoms with van der Waals surface area (Å²) in [6.45, 7) is 0.177.